The molecule has 2 saturated heterocycles. The minimum atomic E-state index is -0.878. The molecule has 8 nitrogen and oxygen atoms in total. The predicted molar refractivity (Wildman–Crippen MR) is 125 cm³/mol. The molecule has 2 unspecified atom stereocenters. The fraction of sp³-hybridized carbons (Fsp3) is 0.400. The number of amides is 4. The number of aryl methyl sites for hydroxylation is 1. The fourth-order valence-corrected chi connectivity index (χ4v) is 4.17. The molecule has 2 aliphatic heterocycles. The zero-order chi connectivity index (χ0) is 24.1. The first-order valence-corrected chi connectivity index (χ1v) is 11.5. The number of halogens is 1. The van der Waals surface area contributed by atoms with Gasteiger partial charge < -0.3 is 25.2 Å². The van der Waals surface area contributed by atoms with Crippen LogP contribution in [0.4, 0.5) is 14.9 Å². The Morgan fingerprint density at radius 3 is 2.47 bits per heavy atom. The Balaban J connectivity index is 1.47. The molecule has 4 amide bonds. The van der Waals surface area contributed by atoms with Crippen molar-refractivity contribution in [2.75, 3.05) is 38.1 Å². The van der Waals surface area contributed by atoms with E-state index in [-0.39, 0.29) is 49.1 Å². The second kappa shape index (κ2) is 10.6. The first-order chi connectivity index (χ1) is 16.4. The van der Waals surface area contributed by atoms with Crippen molar-refractivity contribution in [2.24, 2.45) is 0 Å². The molecule has 4 rings (SSSR count). The van der Waals surface area contributed by atoms with Gasteiger partial charge in [-0.1, -0.05) is 17.7 Å². The number of urea groups is 1. The number of anilines is 1. The van der Waals surface area contributed by atoms with E-state index in [9.17, 15) is 18.8 Å². The second-order valence-corrected chi connectivity index (χ2v) is 8.64. The Bertz CT molecular complexity index is 1020. The van der Waals surface area contributed by atoms with E-state index < -0.39 is 11.9 Å². The van der Waals surface area contributed by atoms with Crippen molar-refractivity contribution in [2.45, 2.75) is 31.9 Å². The molecule has 2 N–H and O–H groups in total. The van der Waals surface area contributed by atoms with Gasteiger partial charge in [0.2, 0.25) is 5.91 Å². The lowest BCUT2D eigenvalue weighted by Crippen LogP contribution is -2.62. The quantitative estimate of drug-likeness (QED) is 0.706. The summed E-state index contributed by atoms with van der Waals surface area (Å²) in [7, 11) is 0. The SMILES string of the molecule is Cc1ccc(NC(=O)N2CCN(C(=O)c3ccc(F)cc3)C(C(=O)NCC3CCCO3)C2)cc1. The van der Waals surface area contributed by atoms with Crippen LogP contribution in [0.3, 0.4) is 0 Å². The van der Waals surface area contributed by atoms with Crippen LogP contribution in [-0.4, -0.2) is 72.6 Å². The first kappa shape index (κ1) is 23.7. The highest BCUT2D eigenvalue weighted by molar-refractivity contribution is 5.98. The third-order valence-corrected chi connectivity index (χ3v) is 6.15. The fourth-order valence-electron chi connectivity index (χ4n) is 4.17. The van der Waals surface area contributed by atoms with Crippen LogP contribution in [0.1, 0.15) is 28.8 Å². The molecule has 34 heavy (non-hydrogen) atoms. The van der Waals surface area contributed by atoms with Crippen LogP contribution in [0.25, 0.3) is 0 Å². The van der Waals surface area contributed by atoms with E-state index in [1.807, 2.05) is 31.2 Å². The van der Waals surface area contributed by atoms with Crippen LogP contribution in [0.2, 0.25) is 0 Å². The number of rotatable bonds is 5. The normalized spacial score (nSPS) is 20.2. The van der Waals surface area contributed by atoms with E-state index in [1.54, 1.807) is 0 Å². The molecule has 2 fully saturated rings. The Hall–Kier alpha value is -3.46. The van der Waals surface area contributed by atoms with Crippen molar-refractivity contribution in [3.63, 3.8) is 0 Å². The topological polar surface area (TPSA) is 91.0 Å². The van der Waals surface area contributed by atoms with Gasteiger partial charge in [0.1, 0.15) is 11.9 Å². The van der Waals surface area contributed by atoms with Gasteiger partial charge in [-0.25, -0.2) is 9.18 Å². The van der Waals surface area contributed by atoms with Gasteiger partial charge in [0.05, 0.1) is 12.6 Å². The number of carbonyl (C=O) groups is 3. The molecule has 0 radical (unpaired) electrons. The molecule has 2 atom stereocenters. The molecular weight excluding hydrogens is 439 g/mol. The smallest absolute Gasteiger partial charge is 0.321 e. The lowest BCUT2D eigenvalue weighted by molar-refractivity contribution is -0.127. The summed E-state index contributed by atoms with van der Waals surface area (Å²) in [5, 5.41) is 5.73. The predicted octanol–water partition coefficient (Wildman–Crippen LogP) is 2.79. The van der Waals surface area contributed by atoms with Gasteiger partial charge in [0.15, 0.2) is 0 Å². The lowest BCUT2D eigenvalue weighted by Gasteiger charge is -2.40. The van der Waals surface area contributed by atoms with Crippen molar-refractivity contribution < 1.29 is 23.5 Å². The zero-order valence-electron chi connectivity index (χ0n) is 19.1. The van der Waals surface area contributed by atoms with E-state index in [0.29, 0.717) is 18.8 Å². The van der Waals surface area contributed by atoms with E-state index in [1.165, 1.54) is 34.1 Å². The van der Waals surface area contributed by atoms with Crippen molar-refractivity contribution in [1.29, 1.82) is 0 Å². The lowest BCUT2D eigenvalue weighted by atomic mass is 10.1. The second-order valence-electron chi connectivity index (χ2n) is 8.64. The number of ether oxygens (including phenoxy) is 1. The summed E-state index contributed by atoms with van der Waals surface area (Å²) in [6.07, 6.45) is 1.77. The third-order valence-electron chi connectivity index (χ3n) is 6.15. The Morgan fingerprint density at radius 2 is 1.79 bits per heavy atom. The Kier molecular flexibility index (Phi) is 7.42. The maximum Gasteiger partial charge on any atom is 0.321 e. The maximum atomic E-state index is 13.3. The van der Waals surface area contributed by atoms with Crippen molar-refractivity contribution in [3.05, 3.63) is 65.5 Å². The minimum absolute atomic E-state index is 0.0436. The van der Waals surface area contributed by atoms with Gasteiger partial charge in [-0.3, -0.25) is 9.59 Å². The summed E-state index contributed by atoms with van der Waals surface area (Å²) >= 11 is 0. The molecule has 0 saturated carbocycles. The number of nitrogens with one attached hydrogen (secondary N) is 2. The van der Waals surface area contributed by atoms with Crippen molar-refractivity contribution >= 4 is 23.5 Å². The number of nitrogens with zero attached hydrogens (tertiary/aromatic N) is 2. The van der Waals surface area contributed by atoms with E-state index in [2.05, 4.69) is 10.6 Å². The number of hydrogen-bond acceptors (Lipinski definition) is 4. The largest absolute Gasteiger partial charge is 0.376 e. The number of benzene rings is 2. The van der Waals surface area contributed by atoms with Gasteiger partial charge in [0, 0.05) is 37.5 Å². The molecule has 0 aromatic heterocycles. The van der Waals surface area contributed by atoms with Gasteiger partial charge in [-0.2, -0.15) is 0 Å². The third kappa shape index (κ3) is 5.72. The number of piperazine rings is 1. The van der Waals surface area contributed by atoms with Crippen LogP contribution < -0.4 is 10.6 Å². The van der Waals surface area contributed by atoms with Crippen LogP contribution in [0.15, 0.2) is 48.5 Å². The summed E-state index contributed by atoms with van der Waals surface area (Å²) in [4.78, 5) is 42.2. The standard InChI is InChI=1S/C25H29FN4O4/c1-17-4-10-20(11-5-17)28-25(33)29-12-13-30(24(32)18-6-8-19(26)9-7-18)22(16-29)23(31)27-15-21-3-2-14-34-21/h4-11,21-22H,2-3,12-16H2,1H3,(H,27,31)(H,28,33). The maximum absolute atomic E-state index is 13.3. The zero-order valence-corrected chi connectivity index (χ0v) is 19.1. The molecule has 2 aliphatic rings. The van der Waals surface area contributed by atoms with Gasteiger partial charge in [0.25, 0.3) is 5.91 Å². The molecule has 180 valence electrons. The highest BCUT2D eigenvalue weighted by Crippen LogP contribution is 2.18. The van der Waals surface area contributed by atoms with Crippen LogP contribution in [0.5, 0.6) is 0 Å². The summed E-state index contributed by atoms with van der Waals surface area (Å²) in [6.45, 7) is 3.47. The molecule has 0 spiro atoms. The first-order valence-electron chi connectivity index (χ1n) is 11.5. The Morgan fingerprint density at radius 1 is 1.06 bits per heavy atom. The van der Waals surface area contributed by atoms with E-state index >= 15 is 0 Å². The summed E-state index contributed by atoms with van der Waals surface area (Å²) in [5.74, 6) is -1.17. The molecule has 0 aliphatic carbocycles. The van der Waals surface area contributed by atoms with E-state index in [4.69, 9.17) is 4.74 Å². The Labute approximate surface area is 198 Å². The average molecular weight is 469 g/mol. The summed E-state index contributed by atoms with van der Waals surface area (Å²) in [5.41, 5.74) is 2.02. The monoisotopic (exact) mass is 468 g/mol. The summed E-state index contributed by atoms with van der Waals surface area (Å²) < 4.78 is 18.9. The molecule has 2 heterocycles. The van der Waals surface area contributed by atoms with Crippen molar-refractivity contribution in [1.82, 2.24) is 15.1 Å². The van der Waals surface area contributed by atoms with Gasteiger partial charge in [-0.15, -0.1) is 0 Å². The average Bonchev–Trinajstić information content (AvgIpc) is 3.37. The number of carbonyl (C=O) groups excluding carboxylic acids is 3. The van der Waals surface area contributed by atoms with E-state index in [0.717, 1.165) is 18.4 Å². The van der Waals surface area contributed by atoms with Gasteiger partial charge in [-0.05, 0) is 56.2 Å². The summed E-state index contributed by atoms with van der Waals surface area (Å²) in [6, 6.07) is 11.4. The van der Waals surface area contributed by atoms with Gasteiger partial charge >= 0.3 is 6.03 Å². The highest BCUT2D eigenvalue weighted by atomic mass is 19.1. The van der Waals surface area contributed by atoms with Crippen LogP contribution in [-0.2, 0) is 9.53 Å². The molecule has 2 aromatic carbocycles. The van der Waals surface area contributed by atoms with Crippen molar-refractivity contribution in [3.8, 4) is 0 Å². The van der Waals surface area contributed by atoms with Crippen LogP contribution >= 0.6 is 0 Å². The highest BCUT2D eigenvalue weighted by Gasteiger charge is 2.37. The number of hydrogen-bond donors (Lipinski definition) is 2. The molecule has 9 heteroatoms. The minimum Gasteiger partial charge on any atom is -0.376 e. The molecular formula is C25H29FN4O4. The van der Waals surface area contributed by atoms with Crippen LogP contribution in [0, 0.1) is 12.7 Å². The molecule has 0 bridgehead atoms. The molecule has 2 aromatic rings.